The van der Waals surface area contributed by atoms with Gasteiger partial charge in [-0.2, -0.15) is 0 Å². The first-order valence-electron chi connectivity index (χ1n) is 10.5. The summed E-state index contributed by atoms with van der Waals surface area (Å²) in [6.07, 6.45) is 0.906. The number of H-pyrrole nitrogens is 1. The van der Waals surface area contributed by atoms with Gasteiger partial charge in [0.2, 0.25) is 0 Å². The zero-order chi connectivity index (χ0) is 27.2. The van der Waals surface area contributed by atoms with Crippen molar-refractivity contribution in [1.29, 1.82) is 0 Å². The number of carbonyl (C=O) groups is 4. The van der Waals surface area contributed by atoms with Crippen LogP contribution in [0.15, 0.2) is 39.5 Å². The van der Waals surface area contributed by atoms with Crippen LogP contribution in [-0.4, -0.2) is 83.1 Å². The van der Waals surface area contributed by atoms with Crippen LogP contribution in [0.2, 0.25) is 0 Å². The summed E-state index contributed by atoms with van der Waals surface area (Å²) in [5, 5.41) is 16.4. The maximum atomic E-state index is 13.3. The molecule has 0 atom stereocenters. The van der Waals surface area contributed by atoms with Gasteiger partial charge in [-0.1, -0.05) is 0 Å². The first-order chi connectivity index (χ1) is 16.8. The predicted molar refractivity (Wildman–Crippen MR) is 124 cm³/mol. The molecule has 4 N–H and O–H groups in total. The Morgan fingerprint density at radius 2 is 1.61 bits per heavy atom. The van der Waals surface area contributed by atoms with Gasteiger partial charge < -0.3 is 25.2 Å². The molecule has 0 spiro atoms. The average Bonchev–Trinajstić information content (AvgIpc) is 3.12. The molecule has 2 aromatic rings. The van der Waals surface area contributed by atoms with Crippen LogP contribution in [0.1, 0.15) is 29.9 Å². The lowest BCUT2D eigenvalue weighted by atomic mass is 10.1. The highest BCUT2D eigenvalue weighted by atomic mass is 32.2. The SMILES string of the molecule is CCNC(=O)C(=Cc1c(C(=O)N(C)CC(=O)O)[nH]n(-c2ccc(S(=O)(=O)[O-])cc2)c1=O)C(=O)NCC. The maximum Gasteiger partial charge on any atom is 0.323 e. The molecule has 0 saturated carbocycles. The number of nitrogens with one attached hydrogen (secondary N) is 3. The van der Waals surface area contributed by atoms with Crippen molar-refractivity contribution in [1.82, 2.24) is 25.3 Å². The van der Waals surface area contributed by atoms with E-state index in [4.69, 9.17) is 5.11 Å². The largest absolute Gasteiger partial charge is 0.744 e. The Bertz CT molecular complexity index is 1350. The van der Waals surface area contributed by atoms with E-state index in [1.807, 2.05) is 0 Å². The fourth-order valence-corrected chi connectivity index (χ4v) is 3.52. The predicted octanol–water partition coefficient (Wildman–Crippen LogP) is -1.12. The second-order valence-electron chi connectivity index (χ2n) is 7.32. The summed E-state index contributed by atoms with van der Waals surface area (Å²) in [6.45, 7) is 2.82. The third-order valence-electron chi connectivity index (χ3n) is 4.70. The smallest absolute Gasteiger partial charge is 0.323 e. The molecular formula is C21H24N5O9S-. The van der Waals surface area contributed by atoms with Gasteiger partial charge in [-0.3, -0.25) is 29.1 Å². The molecule has 0 aliphatic rings. The summed E-state index contributed by atoms with van der Waals surface area (Å²) in [5.74, 6) is -3.91. The number of benzene rings is 1. The van der Waals surface area contributed by atoms with Gasteiger partial charge in [0.1, 0.15) is 27.9 Å². The van der Waals surface area contributed by atoms with E-state index in [-0.39, 0.29) is 18.8 Å². The summed E-state index contributed by atoms with van der Waals surface area (Å²) in [5.41, 5.74) is -2.24. The number of carboxylic acids is 1. The molecule has 2 rings (SSSR count). The Morgan fingerprint density at radius 1 is 1.08 bits per heavy atom. The van der Waals surface area contributed by atoms with Crippen molar-refractivity contribution in [2.45, 2.75) is 18.7 Å². The summed E-state index contributed by atoms with van der Waals surface area (Å²) < 4.78 is 34.4. The van der Waals surface area contributed by atoms with Crippen LogP contribution in [0, 0.1) is 0 Å². The molecule has 14 nitrogen and oxygen atoms in total. The Hall–Kier alpha value is -4.24. The molecule has 1 aromatic heterocycles. The van der Waals surface area contributed by atoms with Crippen molar-refractivity contribution in [3.05, 3.63) is 51.4 Å². The number of rotatable bonds is 10. The topological polar surface area (TPSA) is 211 Å². The third kappa shape index (κ3) is 6.45. The number of hydrogen-bond donors (Lipinski definition) is 4. The first kappa shape index (κ1) is 28.0. The highest BCUT2D eigenvalue weighted by Gasteiger charge is 2.26. The Kier molecular flexibility index (Phi) is 8.91. The van der Waals surface area contributed by atoms with Gasteiger partial charge in [0.25, 0.3) is 23.3 Å². The van der Waals surface area contributed by atoms with Crippen LogP contribution < -0.4 is 16.2 Å². The molecule has 1 aromatic carbocycles. The summed E-state index contributed by atoms with van der Waals surface area (Å²) >= 11 is 0. The maximum absolute atomic E-state index is 13.3. The summed E-state index contributed by atoms with van der Waals surface area (Å²) in [6, 6.07) is 4.15. The van der Waals surface area contributed by atoms with Gasteiger partial charge in [0, 0.05) is 20.1 Å². The molecule has 36 heavy (non-hydrogen) atoms. The van der Waals surface area contributed by atoms with Gasteiger partial charge in [-0.25, -0.2) is 13.1 Å². The van der Waals surface area contributed by atoms with Crippen molar-refractivity contribution >= 4 is 39.9 Å². The van der Waals surface area contributed by atoms with Gasteiger partial charge in [0.15, 0.2) is 0 Å². The highest BCUT2D eigenvalue weighted by molar-refractivity contribution is 7.85. The van der Waals surface area contributed by atoms with Crippen molar-refractivity contribution in [3.8, 4) is 5.69 Å². The number of carbonyl (C=O) groups excluding carboxylic acids is 3. The van der Waals surface area contributed by atoms with E-state index in [0.29, 0.717) is 0 Å². The van der Waals surface area contributed by atoms with E-state index >= 15 is 0 Å². The van der Waals surface area contributed by atoms with Gasteiger partial charge in [-0.05, 0) is 44.2 Å². The number of aromatic amines is 1. The minimum Gasteiger partial charge on any atom is -0.744 e. The average molecular weight is 523 g/mol. The zero-order valence-corrected chi connectivity index (χ0v) is 20.3. The highest BCUT2D eigenvalue weighted by Crippen LogP contribution is 2.16. The molecule has 0 fully saturated rings. The first-order valence-corrected chi connectivity index (χ1v) is 11.9. The van der Waals surface area contributed by atoms with E-state index in [1.54, 1.807) is 13.8 Å². The van der Waals surface area contributed by atoms with Crippen LogP contribution in [0.4, 0.5) is 0 Å². The van der Waals surface area contributed by atoms with E-state index < -0.39 is 67.6 Å². The van der Waals surface area contributed by atoms with Crippen molar-refractivity contribution in [2.75, 3.05) is 26.7 Å². The molecule has 0 aliphatic carbocycles. The standard InChI is InChI=1S/C21H25N5O9S/c1-4-22-18(29)15(19(30)23-5-2)10-14-17(21(32)25(3)11-16(27)28)24-26(20(14)31)12-6-8-13(9-7-12)36(33,34)35/h6-10,24H,4-5,11H2,1-3H3,(H,22,29)(H,23,30)(H,27,28)(H,33,34,35)/p-1. The third-order valence-corrected chi connectivity index (χ3v) is 5.55. The van der Waals surface area contributed by atoms with Crippen molar-refractivity contribution < 1.29 is 37.3 Å². The molecule has 1 heterocycles. The number of amides is 3. The molecule has 0 unspecified atom stereocenters. The minimum atomic E-state index is -4.76. The minimum absolute atomic E-state index is 0.0135. The monoisotopic (exact) mass is 522 g/mol. The van der Waals surface area contributed by atoms with Gasteiger partial charge in [-0.15, -0.1) is 0 Å². The van der Waals surface area contributed by atoms with Crippen LogP contribution in [0.3, 0.4) is 0 Å². The fraction of sp³-hybridized carbons (Fsp3) is 0.286. The fourth-order valence-electron chi connectivity index (χ4n) is 3.05. The molecule has 0 bridgehead atoms. The lowest BCUT2D eigenvalue weighted by molar-refractivity contribution is -0.137. The van der Waals surface area contributed by atoms with Crippen molar-refractivity contribution in [2.24, 2.45) is 0 Å². The van der Waals surface area contributed by atoms with E-state index in [0.717, 1.165) is 39.9 Å². The van der Waals surface area contributed by atoms with Crippen LogP contribution in [-0.2, 0) is 24.5 Å². The second kappa shape index (κ2) is 11.5. The number of aromatic nitrogens is 2. The molecule has 3 amide bonds. The second-order valence-corrected chi connectivity index (χ2v) is 8.70. The normalized spacial score (nSPS) is 10.9. The number of nitrogens with zero attached hydrogens (tertiary/aromatic N) is 2. The summed E-state index contributed by atoms with van der Waals surface area (Å²) in [4.78, 5) is 62.6. The molecule has 0 saturated heterocycles. The molecule has 0 aliphatic heterocycles. The number of hydrogen-bond acceptors (Lipinski definition) is 8. The molecule has 15 heteroatoms. The van der Waals surface area contributed by atoms with Crippen molar-refractivity contribution in [3.63, 3.8) is 0 Å². The Labute approximate surface area is 205 Å². The summed E-state index contributed by atoms with van der Waals surface area (Å²) in [7, 11) is -3.59. The Morgan fingerprint density at radius 3 is 2.06 bits per heavy atom. The van der Waals surface area contributed by atoms with E-state index in [9.17, 15) is 36.9 Å². The molecule has 0 radical (unpaired) electrons. The van der Waals surface area contributed by atoms with Crippen LogP contribution in [0.25, 0.3) is 11.8 Å². The van der Waals surface area contributed by atoms with E-state index in [1.165, 1.54) is 7.05 Å². The lowest BCUT2D eigenvalue weighted by Crippen LogP contribution is -2.35. The van der Waals surface area contributed by atoms with Gasteiger partial charge >= 0.3 is 5.97 Å². The molecule has 194 valence electrons. The number of likely N-dealkylation sites (N-methyl/N-ethyl adjacent to an activating group) is 3. The lowest BCUT2D eigenvalue weighted by Gasteiger charge is -2.14. The zero-order valence-electron chi connectivity index (χ0n) is 19.5. The van der Waals surface area contributed by atoms with Gasteiger partial charge in [0.05, 0.1) is 16.1 Å². The van der Waals surface area contributed by atoms with Crippen LogP contribution >= 0.6 is 0 Å². The quantitative estimate of drug-likeness (QED) is 0.129. The Balaban J connectivity index is 2.78. The number of aliphatic carboxylic acids is 1. The number of carboxylic acid groups (broad SMARTS) is 1. The van der Waals surface area contributed by atoms with Crippen LogP contribution in [0.5, 0.6) is 0 Å². The van der Waals surface area contributed by atoms with E-state index in [2.05, 4.69) is 15.7 Å². The molecular weight excluding hydrogens is 498 g/mol.